The minimum Gasteiger partial charge on any atom is -0.348 e. The van der Waals surface area contributed by atoms with Gasteiger partial charge in [-0.1, -0.05) is 23.3 Å². The molecule has 0 saturated heterocycles. The Morgan fingerprint density at radius 3 is 3.05 bits per heavy atom. The second kappa shape index (κ2) is 6.98. The first kappa shape index (κ1) is 14.4. The van der Waals surface area contributed by atoms with Crippen LogP contribution in [0, 0.1) is 0 Å². The molecular formula is C14H17ClN2OS. The summed E-state index contributed by atoms with van der Waals surface area (Å²) in [5, 5.41) is 6.67. The lowest BCUT2D eigenvalue weighted by Crippen LogP contribution is -2.29. The van der Waals surface area contributed by atoms with E-state index in [1.165, 1.54) is 5.57 Å². The van der Waals surface area contributed by atoms with Gasteiger partial charge < -0.3 is 10.6 Å². The molecule has 3 nitrogen and oxygen atoms in total. The van der Waals surface area contributed by atoms with Crippen LogP contribution in [0.25, 0.3) is 0 Å². The number of hydrogen-bond donors (Lipinski definition) is 2. The van der Waals surface area contributed by atoms with Gasteiger partial charge in [0.1, 0.15) is 0 Å². The van der Waals surface area contributed by atoms with Gasteiger partial charge in [0.2, 0.25) is 0 Å². The zero-order valence-corrected chi connectivity index (χ0v) is 12.4. The average Bonchev–Trinajstić information content (AvgIpc) is 2.46. The van der Waals surface area contributed by atoms with E-state index in [-0.39, 0.29) is 5.91 Å². The van der Waals surface area contributed by atoms with Crippen molar-refractivity contribution in [1.29, 1.82) is 0 Å². The van der Waals surface area contributed by atoms with Crippen LogP contribution in [-0.2, 0) is 0 Å². The Morgan fingerprint density at radius 1 is 1.53 bits per heavy atom. The molecule has 5 heteroatoms. The molecule has 0 unspecified atom stereocenters. The van der Waals surface area contributed by atoms with Crippen molar-refractivity contribution in [2.45, 2.75) is 11.3 Å². The van der Waals surface area contributed by atoms with E-state index in [9.17, 15) is 4.79 Å². The number of benzene rings is 1. The van der Waals surface area contributed by atoms with E-state index in [0.29, 0.717) is 17.1 Å². The van der Waals surface area contributed by atoms with Crippen molar-refractivity contribution < 1.29 is 4.79 Å². The zero-order valence-electron chi connectivity index (χ0n) is 10.8. The van der Waals surface area contributed by atoms with Crippen LogP contribution >= 0.6 is 23.4 Å². The topological polar surface area (TPSA) is 41.1 Å². The van der Waals surface area contributed by atoms with E-state index < -0.39 is 0 Å². The lowest BCUT2D eigenvalue weighted by atomic mass is 10.1. The third-order valence-electron chi connectivity index (χ3n) is 3.05. The van der Waals surface area contributed by atoms with Gasteiger partial charge >= 0.3 is 0 Å². The van der Waals surface area contributed by atoms with Crippen LogP contribution in [0.15, 0.2) is 34.7 Å². The molecule has 1 amide bonds. The molecule has 0 aliphatic carbocycles. The van der Waals surface area contributed by atoms with Crippen LogP contribution < -0.4 is 10.6 Å². The van der Waals surface area contributed by atoms with Crippen LogP contribution in [0.4, 0.5) is 0 Å². The zero-order chi connectivity index (χ0) is 13.7. The van der Waals surface area contributed by atoms with Crippen LogP contribution in [0.3, 0.4) is 0 Å². The first-order chi connectivity index (χ1) is 9.20. The second-order valence-electron chi connectivity index (χ2n) is 4.34. The number of halogens is 1. The molecule has 1 heterocycles. The minimum absolute atomic E-state index is 0.111. The highest BCUT2D eigenvalue weighted by Crippen LogP contribution is 2.23. The van der Waals surface area contributed by atoms with E-state index in [4.69, 9.17) is 11.6 Å². The molecule has 2 rings (SSSR count). The van der Waals surface area contributed by atoms with E-state index in [1.807, 2.05) is 18.4 Å². The van der Waals surface area contributed by atoms with Crippen molar-refractivity contribution in [1.82, 2.24) is 10.6 Å². The Balaban J connectivity index is 2.01. The van der Waals surface area contributed by atoms with Crippen molar-refractivity contribution >= 4 is 29.3 Å². The Morgan fingerprint density at radius 2 is 2.37 bits per heavy atom. The monoisotopic (exact) mass is 296 g/mol. The lowest BCUT2D eigenvalue weighted by molar-refractivity contribution is 0.0956. The number of hydrogen-bond acceptors (Lipinski definition) is 3. The molecule has 1 aromatic carbocycles. The van der Waals surface area contributed by atoms with Crippen LogP contribution in [-0.4, -0.2) is 31.8 Å². The van der Waals surface area contributed by atoms with Gasteiger partial charge in [-0.05, 0) is 37.4 Å². The van der Waals surface area contributed by atoms with Crippen LogP contribution in [0.2, 0.25) is 5.02 Å². The number of carbonyl (C=O) groups excluding carboxylic acids is 1. The molecular weight excluding hydrogens is 280 g/mol. The van der Waals surface area contributed by atoms with Gasteiger partial charge in [-0.15, -0.1) is 11.8 Å². The van der Waals surface area contributed by atoms with Gasteiger partial charge in [0, 0.05) is 18.0 Å². The van der Waals surface area contributed by atoms with Gasteiger partial charge in [-0.3, -0.25) is 4.79 Å². The van der Waals surface area contributed by atoms with Gasteiger partial charge in [0.05, 0.1) is 10.6 Å². The fourth-order valence-electron chi connectivity index (χ4n) is 1.92. The van der Waals surface area contributed by atoms with E-state index in [1.54, 1.807) is 17.8 Å². The summed E-state index contributed by atoms with van der Waals surface area (Å²) in [5.41, 5.74) is 1.81. The third-order valence-corrected chi connectivity index (χ3v) is 4.11. The van der Waals surface area contributed by atoms with Gasteiger partial charge in [0.15, 0.2) is 0 Å². The molecule has 0 aromatic heterocycles. The number of amides is 1. The van der Waals surface area contributed by atoms with Crippen molar-refractivity contribution in [2.75, 3.05) is 25.9 Å². The van der Waals surface area contributed by atoms with Gasteiger partial charge in [-0.25, -0.2) is 0 Å². The maximum atomic E-state index is 12.1. The molecule has 2 N–H and O–H groups in total. The average molecular weight is 297 g/mol. The van der Waals surface area contributed by atoms with Crippen LogP contribution in [0.1, 0.15) is 16.8 Å². The third kappa shape index (κ3) is 4.00. The van der Waals surface area contributed by atoms with Gasteiger partial charge in [0.25, 0.3) is 5.91 Å². The highest BCUT2D eigenvalue weighted by atomic mass is 35.5. The number of rotatable bonds is 4. The van der Waals surface area contributed by atoms with E-state index in [0.717, 1.165) is 24.4 Å². The molecule has 1 aliphatic heterocycles. The molecule has 0 spiro atoms. The largest absolute Gasteiger partial charge is 0.348 e. The second-order valence-corrected chi connectivity index (χ2v) is 5.63. The first-order valence-electron chi connectivity index (χ1n) is 6.21. The maximum Gasteiger partial charge on any atom is 0.253 e. The molecule has 0 bridgehead atoms. The summed E-state index contributed by atoms with van der Waals surface area (Å²) in [4.78, 5) is 13.2. The Hall–Kier alpha value is -0.970. The van der Waals surface area contributed by atoms with Crippen molar-refractivity contribution in [3.05, 3.63) is 40.4 Å². The smallest absolute Gasteiger partial charge is 0.253 e. The standard InChI is InChI=1S/C14H17ClN2OS/c1-19-11-2-3-13(15)12(8-11)14(18)17-9-10-4-6-16-7-5-10/h2-4,8,16H,5-7,9H2,1H3,(H,17,18). The fraction of sp³-hybridized carbons (Fsp3) is 0.357. The summed E-state index contributed by atoms with van der Waals surface area (Å²) in [5.74, 6) is -0.111. The molecule has 19 heavy (non-hydrogen) atoms. The quantitative estimate of drug-likeness (QED) is 0.663. The molecule has 1 aromatic rings. The normalized spacial score (nSPS) is 14.9. The predicted molar refractivity (Wildman–Crippen MR) is 81.1 cm³/mol. The summed E-state index contributed by atoms with van der Waals surface area (Å²) in [6.45, 7) is 2.46. The summed E-state index contributed by atoms with van der Waals surface area (Å²) in [7, 11) is 0. The molecule has 1 aliphatic rings. The molecule has 0 fully saturated rings. The Bertz CT molecular complexity index is 502. The first-order valence-corrected chi connectivity index (χ1v) is 7.81. The molecule has 102 valence electrons. The Kier molecular flexibility index (Phi) is 5.31. The highest BCUT2D eigenvalue weighted by Gasteiger charge is 2.12. The van der Waals surface area contributed by atoms with Gasteiger partial charge in [-0.2, -0.15) is 0 Å². The number of nitrogens with one attached hydrogen (secondary N) is 2. The number of thioether (sulfide) groups is 1. The lowest BCUT2D eigenvalue weighted by Gasteiger charge is -2.15. The van der Waals surface area contributed by atoms with Crippen molar-refractivity contribution in [3.63, 3.8) is 0 Å². The molecule has 0 atom stereocenters. The van der Waals surface area contributed by atoms with E-state index >= 15 is 0 Å². The summed E-state index contributed by atoms with van der Waals surface area (Å²) in [6, 6.07) is 5.52. The van der Waals surface area contributed by atoms with Crippen molar-refractivity contribution in [3.8, 4) is 0 Å². The summed E-state index contributed by atoms with van der Waals surface area (Å²) >= 11 is 7.67. The minimum atomic E-state index is -0.111. The summed E-state index contributed by atoms with van der Waals surface area (Å²) < 4.78 is 0. The molecule has 0 saturated carbocycles. The van der Waals surface area contributed by atoms with Crippen LogP contribution in [0.5, 0.6) is 0 Å². The number of carbonyl (C=O) groups is 1. The summed E-state index contributed by atoms with van der Waals surface area (Å²) in [6.07, 6.45) is 5.09. The fourth-order valence-corrected chi connectivity index (χ4v) is 2.57. The molecule has 0 radical (unpaired) electrons. The predicted octanol–water partition coefficient (Wildman–Crippen LogP) is 2.71. The maximum absolute atomic E-state index is 12.1. The highest BCUT2D eigenvalue weighted by molar-refractivity contribution is 7.98. The Labute approximate surface area is 122 Å². The van der Waals surface area contributed by atoms with Crippen molar-refractivity contribution in [2.24, 2.45) is 0 Å². The van der Waals surface area contributed by atoms with E-state index in [2.05, 4.69) is 16.7 Å². The SMILES string of the molecule is CSc1ccc(Cl)c(C(=O)NCC2=CCNCC2)c1.